The quantitative estimate of drug-likeness (QED) is 0.640. The smallest absolute Gasteiger partial charge is 0.278 e. The highest BCUT2D eigenvalue weighted by atomic mass is 35.5. The van der Waals surface area contributed by atoms with Gasteiger partial charge in [-0.3, -0.25) is 9.78 Å². The molecule has 0 unspecified atom stereocenters. The van der Waals surface area contributed by atoms with E-state index < -0.39 is 0 Å². The molecule has 0 aliphatic carbocycles. The Morgan fingerprint density at radius 3 is 2.78 bits per heavy atom. The van der Waals surface area contributed by atoms with Crippen LogP contribution in [0, 0.1) is 0 Å². The molecule has 27 heavy (non-hydrogen) atoms. The number of rotatable bonds is 6. The number of amides is 1. The molecular weight excluding hydrogens is 386 g/mol. The number of aromatic nitrogens is 3. The molecule has 1 N–H and O–H groups in total. The third-order valence-electron chi connectivity index (χ3n) is 3.56. The van der Waals surface area contributed by atoms with Crippen LogP contribution in [-0.2, 0) is 4.79 Å². The lowest BCUT2D eigenvalue weighted by atomic mass is 10.1. The second-order valence-corrected chi connectivity index (χ2v) is 7.13. The van der Waals surface area contributed by atoms with Gasteiger partial charge in [0.15, 0.2) is 6.61 Å². The number of thiazole rings is 1. The number of hydrogen-bond donors (Lipinski definition) is 1. The van der Waals surface area contributed by atoms with Crippen molar-refractivity contribution in [2.75, 3.05) is 6.61 Å². The summed E-state index contributed by atoms with van der Waals surface area (Å²) in [5.74, 6) is -0.0940. The van der Waals surface area contributed by atoms with Crippen molar-refractivity contribution in [3.8, 4) is 17.1 Å². The fourth-order valence-corrected chi connectivity index (χ4v) is 3.49. The summed E-state index contributed by atoms with van der Waals surface area (Å²) in [5.41, 5.74) is 4.56. The number of hydrogen-bond acceptors (Lipinski definition) is 6. The Kier molecular flexibility index (Phi) is 6.20. The standard InChI is InChI=1S/C18H18ClN5O2S/c1-12(2)24-15(13-3-5-14(19)6-4-13)11-27-18(24)23-22-16(25)10-26-17-9-20-7-8-21-17/h3-9,11-12H,10H2,1-2H3,(H,22,25)/b23-18-. The molecule has 0 radical (unpaired) electrons. The Bertz CT molecular complexity index is 967. The van der Waals surface area contributed by atoms with Gasteiger partial charge >= 0.3 is 0 Å². The molecule has 140 valence electrons. The number of carbonyl (C=O) groups excluding carboxylic acids is 1. The lowest BCUT2D eigenvalue weighted by Crippen LogP contribution is -2.29. The number of nitrogens with zero attached hydrogens (tertiary/aromatic N) is 4. The third-order valence-corrected chi connectivity index (χ3v) is 4.66. The van der Waals surface area contributed by atoms with Crippen molar-refractivity contribution in [1.82, 2.24) is 20.0 Å². The van der Waals surface area contributed by atoms with Crippen molar-refractivity contribution in [3.05, 3.63) is 58.1 Å². The summed E-state index contributed by atoms with van der Waals surface area (Å²) in [7, 11) is 0. The second-order valence-electron chi connectivity index (χ2n) is 5.85. The minimum absolute atomic E-state index is 0.161. The van der Waals surface area contributed by atoms with Crippen molar-refractivity contribution >= 4 is 28.8 Å². The highest BCUT2D eigenvalue weighted by Crippen LogP contribution is 2.24. The van der Waals surface area contributed by atoms with Crippen molar-refractivity contribution in [2.24, 2.45) is 5.10 Å². The Morgan fingerprint density at radius 2 is 2.11 bits per heavy atom. The maximum atomic E-state index is 12.0. The number of carbonyl (C=O) groups is 1. The highest BCUT2D eigenvalue weighted by molar-refractivity contribution is 7.07. The molecule has 2 heterocycles. The van der Waals surface area contributed by atoms with E-state index in [0.717, 1.165) is 11.3 Å². The van der Waals surface area contributed by atoms with Crippen LogP contribution in [0.15, 0.2) is 53.3 Å². The summed E-state index contributed by atoms with van der Waals surface area (Å²) in [6.07, 6.45) is 4.46. The fourth-order valence-electron chi connectivity index (χ4n) is 2.37. The van der Waals surface area contributed by atoms with Crippen molar-refractivity contribution < 1.29 is 9.53 Å². The van der Waals surface area contributed by atoms with Gasteiger partial charge in [0.05, 0.1) is 11.9 Å². The zero-order valence-electron chi connectivity index (χ0n) is 14.8. The van der Waals surface area contributed by atoms with E-state index in [1.54, 1.807) is 0 Å². The lowest BCUT2D eigenvalue weighted by Gasteiger charge is -2.12. The summed E-state index contributed by atoms with van der Waals surface area (Å²) < 4.78 is 7.31. The van der Waals surface area contributed by atoms with Crippen LogP contribution < -0.4 is 15.0 Å². The van der Waals surface area contributed by atoms with Gasteiger partial charge in [0, 0.05) is 28.8 Å². The van der Waals surface area contributed by atoms with E-state index >= 15 is 0 Å². The van der Waals surface area contributed by atoms with E-state index in [9.17, 15) is 4.79 Å². The molecular formula is C18H18ClN5O2S. The molecule has 3 rings (SSSR count). The summed E-state index contributed by atoms with van der Waals surface area (Å²) in [5, 5.41) is 6.93. The second kappa shape index (κ2) is 8.79. The first kappa shape index (κ1) is 19.1. The molecule has 0 bridgehead atoms. The fraction of sp³-hybridized carbons (Fsp3) is 0.222. The topological polar surface area (TPSA) is 81.4 Å². The monoisotopic (exact) mass is 403 g/mol. The molecule has 0 fully saturated rings. The first-order valence-electron chi connectivity index (χ1n) is 8.22. The van der Waals surface area contributed by atoms with Gasteiger partial charge in [0.25, 0.3) is 5.91 Å². The largest absolute Gasteiger partial charge is 0.466 e. The first-order valence-corrected chi connectivity index (χ1v) is 9.47. The van der Waals surface area contributed by atoms with E-state index in [0.29, 0.717) is 9.82 Å². The molecule has 0 saturated carbocycles. The van der Waals surface area contributed by atoms with Crippen LogP contribution in [-0.4, -0.2) is 27.0 Å². The van der Waals surface area contributed by atoms with E-state index in [1.165, 1.54) is 29.9 Å². The van der Waals surface area contributed by atoms with Gasteiger partial charge in [0.2, 0.25) is 10.7 Å². The van der Waals surface area contributed by atoms with Gasteiger partial charge in [-0.15, -0.1) is 16.4 Å². The number of ether oxygens (including phenoxy) is 1. The normalized spacial score (nSPS) is 11.6. The van der Waals surface area contributed by atoms with Gasteiger partial charge < -0.3 is 9.30 Å². The molecule has 1 amide bonds. The molecule has 1 aromatic carbocycles. The molecule has 0 saturated heterocycles. The lowest BCUT2D eigenvalue weighted by molar-refractivity contribution is -0.123. The minimum atomic E-state index is -0.377. The van der Waals surface area contributed by atoms with Gasteiger partial charge in [0.1, 0.15) is 0 Å². The minimum Gasteiger partial charge on any atom is -0.466 e. The number of halogens is 1. The van der Waals surface area contributed by atoms with Crippen LogP contribution in [0.25, 0.3) is 11.3 Å². The highest BCUT2D eigenvalue weighted by Gasteiger charge is 2.11. The summed E-state index contributed by atoms with van der Waals surface area (Å²) in [6.45, 7) is 3.92. The summed E-state index contributed by atoms with van der Waals surface area (Å²) in [6, 6.07) is 7.78. The van der Waals surface area contributed by atoms with Crippen LogP contribution in [0.1, 0.15) is 19.9 Å². The SMILES string of the molecule is CC(C)n1c(-c2ccc(Cl)cc2)cs/c1=N\NC(=O)COc1cnccn1. The predicted molar refractivity (Wildman–Crippen MR) is 104 cm³/mol. The Morgan fingerprint density at radius 1 is 1.33 bits per heavy atom. The number of benzene rings is 1. The van der Waals surface area contributed by atoms with Gasteiger partial charge in [-0.1, -0.05) is 23.7 Å². The van der Waals surface area contributed by atoms with Gasteiger partial charge in [-0.05, 0) is 31.5 Å². The van der Waals surface area contributed by atoms with Crippen LogP contribution >= 0.6 is 22.9 Å². The van der Waals surface area contributed by atoms with Crippen molar-refractivity contribution in [3.63, 3.8) is 0 Å². The Hall–Kier alpha value is -2.71. The van der Waals surface area contributed by atoms with E-state index in [-0.39, 0.29) is 24.4 Å². The average Bonchev–Trinajstić information content (AvgIpc) is 3.10. The first-order chi connectivity index (χ1) is 13.0. The molecule has 0 aliphatic rings. The molecule has 3 aromatic rings. The van der Waals surface area contributed by atoms with Crippen LogP contribution in [0.3, 0.4) is 0 Å². The molecule has 0 aliphatic heterocycles. The number of nitrogens with one attached hydrogen (secondary N) is 1. The van der Waals surface area contributed by atoms with Crippen LogP contribution in [0.5, 0.6) is 5.88 Å². The molecule has 0 atom stereocenters. The third kappa shape index (κ3) is 4.93. The average molecular weight is 404 g/mol. The van der Waals surface area contributed by atoms with Crippen molar-refractivity contribution in [1.29, 1.82) is 0 Å². The Balaban J connectivity index is 1.75. The maximum Gasteiger partial charge on any atom is 0.278 e. The predicted octanol–water partition coefficient (Wildman–Crippen LogP) is 3.25. The van der Waals surface area contributed by atoms with Gasteiger partial charge in [-0.25, -0.2) is 10.4 Å². The zero-order chi connectivity index (χ0) is 19.2. The summed E-state index contributed by atoms with van der Waals surface area (Å²) in [4.78, 5) is 20.5. The molecule has 2 aromatic heterocycles. The summed E-state index contributed by atoms with van der Waals surface area (Å²) >= 11 is 7.42. The van der Waals surface area contributed by atoms with Crippen LogP contribution in [0.2, 0.25) is 5.02 Å². The van der Waals surface area contributed by atoms with E-state index in [2.05, 4.69) is 38.9 Å². The van der Waals surface area contributed by atoms with Crippen LogP contribution in [0.4, 0.5) is 0 Å². The van der Waals surface area contributed by atoms with Gasteiger partial charge in [-0.2, -0.15) is 0 Å². The molecule has 9 heteroatoms. The van der Waals surface area contributed by atoms with E-state index in [4.69, 9.17) is 16.3 Å². The van der Waals surface area contributed by atoms with E-state index in [1.807, 2.05) is 29.6 Å². The maximum absolute atomic E-state index is 12.0. The Labute approximate surface area is 165 Å². The zero-order valence-corrected chi connectivity index (χ0v) is 16.4. The molecule has 0 spiro atoms. The molecule has 7 nitrogen and oxygen atoms in total. The van der Waals surface area contributed by atoms with Crippen molar-refractivity contribution in [2.45, 2.75) is 19.9 Å².